The summed E-state index contributed by atoms with van der Waals surface area (Å²) in [6.07, 6.45) is -3.72. The van der Waals surface area contributed by atoms with E-state index < -0.39 is 17.7 Å². The molecule has 11 heteroatoms. The largest absolute Gasteiger partial charge is 0.468 e. The van der Waals surface area contributed by atoms with Gasteiger partial charge in [-0.1, -0.05) is 0 Å². The fraction of sp³-hybridized carbons (Fsp3) is 0.300. The first-order valence-electron chi connectivity index (χ1n) is 5.44. The molecule has 21 heavy (non-hydrogen) atoms. The summed E-state index contributed by atoms with van der Waals surface area (Å²) in [6, 6.07) is 2.11. The zero-order valence-electron chi connectivity index (χ0n) is 10.5. The van der Waals surface area contributed by atoms with E-state index in [1.165, 1.54) is 13.2 Å². The molecule has 2 aromatic rings. The molecule has 0 aliphatic carbocycles. The molecular weight excluding hydrogens is 311 g/mol. The highest BCUT2D eigenvalue weighted by Crippen LogP contribution is 2.30. The first-order valence-corrected chi connectivity index (χ1v) is 6.26. The van der Waals surface area contributed by atoms with Gasteiger partial charge < -0.3 is 4.74 Å². The number of tetrazole rings is 1. The summed E-state index contributed by atoms with van der Waals surface area (Å²) in [6.45, 7) is -0.202. The molecular formula is C10H8F3N5O2S. The molecule has 0 fully saturated rings. The molecule has 0 aliphatic heterocycles. The Morgan fingerprint density at radius 1 is 1.43 bits per heavy atom. The molecule has 0 unspecified atom stereocenters. The molecule has 112 valence electrons. The van der Waals surface area contributed by atoms with Gasteiger partial charge in [-0.2, -0.15) is 13.2 Å². The quantitative estimate of drug-likeness (QED) is 0.788. The van der Waals surface area contributed by atoms with Gasteiger partial charge in [-0.25, -0.2) is 9.67 Å². The Labute approximate surface area is 120 Å². The van der Waals surface area contributed by atoms with E-state index in [1.54, 1.807) is 0 Å². The summed E-state index contributed by atoms with van der Waals surface area (Å²) in [5.74, 6) is -0.551. The number of carbonyl (C=O) groups excluding carboxylic acids is 1. The summed E-state index contributed by atoms with van der Waals surface area (Å²) >= 11 is 0.933. The van der Waals surface area contributed by atoms with Crippen LogP contribution in [0.3, 0.4) is 0 Å². The van der Waals surface area contributed by atoms with Crippen LogP contribution in [0, 0.1) is 0 Å². The van der Waals surface area contributed by atoms with Gasteiger partial charge in [0.25, 0.3) is 0 Å². The Morgan fingerprint density at radius 3 is 2.76 bits per heavy atom. The summed E-state index contributed by atoms with van der Waals surface area (Å²) < 4.78 is 42.9. The molecule has 0 aliphatic rings. The molecule has 0 aromatic carbocycles. The van der Waals surface area contributed by atoms with Crippen molar-refractivity contribution in [3.63, 3.8) is 0 Å². The van der Waals surface area contributed by atoms with Gasteiger partial charge in [-0.3, -0.25) is 4.79 Å². The standard InChI is InChI=1S/C10H8F3N5O2S/c1-20-8(19)5-18-9(15-16-17-18)21-7-3-2-6(4-14-7)10(11,12)13/h2-4H,5H2,1H3. The average molecular weight is 319 g/mol. The van der Waals surface area contributed by atoms with E-state index in [0.29, 0.717) is 0 Å². The van der Waals surface area contributed by atoms with Crippen LogP contribution in [0.25, 0.3) is 0 Å². The number of aromatic nitrogens is 5. The SMILES string of the molecule is COC(=O)Cn1nnnc1Sc1ccc(C(F)(F)F)cn1. The Hall–Kier alpha value is -2.17. The molecule has 0 spiro atoms. The number of methoxy groups -OCH3 is 1. The number of esters is 1. The molecule has 2 aromatic heterocycles. The van der Waals surface area contributed by atoms with Crippen molar-refractivity contribution in [1.29, 1.82) is 0 Å². The van der Waals surface area contributed by atoms with E-state index in [2.05, 4.69) is 25.2 Å². The molecule has 2 heterocycles. The third-order valence-electron chi connectivity index (χ3n) is 2.27. The first kappa shape index (κ1) is 15.2. The molecule has 0 saturated heterocycles. The number of nitrogens with zero attached hydrogens (tertiary/aromatic N) is 5. The molecule has 0 bridgehead atoms. The van der Waals surface area contributed by atoms with E-state index in [0.717, 1.165) is 28.7 Å². The van der Waals surface area contributed by atoms with E-state index in [9.17, 15) is 18.0 Å². The Morgan fingerprint density at radius 2 is 2.19 bits per heavy atom. The van der Waals surface area contributed by atoms with Crippen LogP contribution >= 0.6 is 11.8 Å². The van der Waals surface area contributed by atoms with E-state index in [-0.39, 0.29) is 16.7 Å². The molecule has 0 N–H and O–H groups in total. The summed E-state index contributed by atoms with van der Waals surface area (Å²) in [4.78, 5) is 14.8. The Bertz CT molecular complexity index is 628. The van der Waals surface area contributed by atoms with Crippen molar-refractivity contribution < 1.29 is 22.7 Å². The van der Waals surface area contributed by atoms with Gasteiger partial charge in [0.05, 0.1) is 12.7 Å². The third kappa shape index (κ3) is 3.90. The summed E-state index contributed by atoms with van der Waals surface area (Å²) in [7, 11) is 1.22. The minimum Gasteiger partial charge on any atom is -0.468 e. The lowest BCUT2D eigenvalue weighted by Crippen LogP contribution is -2.13. The van der Waals surface area contributed by atoms with Gasteiger partial charge in [0, 0.05) is 6.20 Å². The lowest BCUT2D eigenvalue weighted by Gasteiger charge is -2.06. The lowest BCUT2D eigenvalue weighted by molar-refractivity contribution is -0.141. The predicted octanol–water partition coefficient (Wildman–Crippen LogP) is 1.41. The molecule has 0 atom stereocenters. The van der Waals surface area contributed by atoms with Crippen LogP contribution in [-0.4, -0.2) is 38.3 Å². The molecule has 0 saturated carbocycles. The van der Waals surface area contributed by atoms with Crippen LogP contribution in [0.15, 0.2) is 28.5 Å². The fourth-order valence-corrected chi connectivity index (χ4v) is 1.97. The van der Waals surface area contributed by atoms with E-state index in [1.807, 2.05) is 0 Å². The second kappa shape index (κ2) is 6.08. The number of pyridine rings is 1. The summed E-state index contributed by atoms with van der Waals surface area (Å²) in [5, 5.41) is 11.1. The van der Waals surface area contributed by atoms with Crippen LogP contribution in [0.5, 0.6) is 0 Å². The van der Waals surface area contributed by atoms with E-state index >= 15 is 0 Å². The number of ether oxygens (including phenoxy) is 1. The zero-order chi connectivity index (χ0) is 15.5. The van der Waals surface area contributed by atoms with Crippen molar-refractivity contribution in [2.45, 2.75) is 22.9 Å². The van der Waals surface area contributed by atoms with Crippen molar-refractivity contribution in [1.82, 2.24) is 25.2 Å². The maximum Gasteiger partial charge on any atom is 0.417 e. The highest BCUT2D eigenvalue weighted by Gasteiger charge is 2.30. The van der Waals surface area contributed by atoms with Crippen LogP contribution in [0.2, 0.25) is 0 Å². The van der Waals surface area contributed by atoms with Gasteiger partial charge in [-0.15, -0.1) is 5.10 Å². The highest BCUT2D eigenvalue weighted by molar-refractivity contribution is 7.99. The van der Waals surface area contributed by atoms with Crippen LogP contribution in [0.1, 0.15) is 5.56 Å². The molecule has 0 amide bonds. The maximum absolute atomic E-state index is 12.4. The predicted molar refractivity (Wildman–Crippen MR) is 63.2 cm³/mol. The monoisotopic (exact) mass is 319 g/mol. The zero-order valence-corrected chi connectivity index (χ0v) is 11.4. The number of alkyl halides is 3. The average Bonchev–Trinajstić information content (AvgIpc) is 2.85. The van der Waals surface area contributed by atoms with Gasteiger partial charge in [0.15, 0.2) is 0 Å². The molecule has 7 nitrogen and oxygen atoms in total. The van der Waals surface area contributed by atoms with Crippen LogP contribution in [0.4, 0.5) is 13.2 Å². The second-order valence-corrected chi connectivity index (χ2v) is 4.67. The van der Waals surface area contributed by atoms with Gasteiger partial charge >= 0.3 is 12.1 Å². The first-order chi connectivity index (χ1) is 9.90. The van der Waals surface area contributed by atoms with Crippen molar-refractivity contribution in [2.75, 3.05) is 7.11 Å². The minimum absolute atomic E-state index is 0.202. The van der Waals surface area contributed by atoms with Crippen LogP contribution in [-0.2, 0) is 22.3 Å². The maximum atomic E-state index is 12.4. The summed E-state index contributed by atoms with van der Waals surface area (Å²) in [5.41, 5.74) is -0.846. The lowest BCUT2D eigenvalue weighted by atomic mass is 10.3. The van der Waals surface area contributed by atoms with Gasteiger partial charge in [-0.05, 0) is 34.3 Å². The topological polar surface area (TPSA) is 82.8 Å². The fourth-order valence-electron chi connectivity index (χ4n) is 1.26. The second-order valence-electron chi connectivity index (χ2n) is 3.68. The molecule has 0 radical (unpaired) electrons. The Balaban J connectivity index is 2.12. The Kier molecular flexibility index (Phi) is 4.40. The number of rotatable bonds is 4. The highest BCUT2D eigenvalue weighted by atomic mass is 32.2. The third-order valence-corrected chi connectivity index (χ3v) is 3.19. The van der Waals surface area contributed by atoms with Crippen molar-refractivity contribution in [3.8, 4) is 0 Å². The molecule has 2 rings (SSSR count). The number of carbonyl (C=O) groups is 1. The normalized spacial score (nSPS) is 11.4. The van der Waals surface area contributed by atoms with Crippen molar-refractivity contribution in [2.24, 2.45) is 0 Å². The number of hydrogen-bond donors (Lipinski definition) is 0. The van der Waals surface area contributed by atoms with Crippen molar-refractivity contribution >= 4 is 17.7 Å². The number of halogens is 3. The minimum atomic E-state index is -4.44. The van der Waals surface area contributed by atoms with Gasteiger partial charge in [0.1, 0.15) is 11.6 Å². The number of hydrogen-bond acceptors (Lipinski definition) is 7. The van der Waals surface area contributed by atoms with Gasteiger partial charge in [0.2, 0.25) is 5.16 Å². The van der Waals surface area contributed by atoms with Crippen LogP contribution < -0.4 is 0 Å². The van der Waals surface area contributed by atoms with Crippen molar-refractivity contribution in [3.05, 3.63) is 23.9 Å². The van der Waals surface area contributed by atoms with E-state index in [4.69, 9.17) is 0 Å². The smallest absolute Gasteiger partial charge is 0.417 e.